The predicted octanol–water partition coefficient (Wildman–Crippen LogP) is 1.79. The largest absolute Gasteiger partial charge is 0.478 e. The van der Waals surface area contributed by atoms with Gasteiger partial charge in [-0.1, -0.05) is 0 Å². The summed E-state index contributed by atoms with van der Waals surface area (Å²) < 4.78 is 5.30. The van der Waals surface area contributed by atoms with Crippen molar-refractivity contribution < 1.29 is 14.3 Å². The van der Waals surface area contributed by atoms with Crippen LogP contribution >= 0.6 is 0 Å². The van der Waals surface area contributed by atoms with Crippen molar-refractivity contribution in [3.05, 3.63) is 23.2 Å². The van der Waals surface area contributed by atoms with Gasteiger partial charge < -0.3 is 14.8 Å². The van der Waals surface area contributed by atoms with Gasteiger partial charge >= 0.3 is 5.97 Å². The molecule has 0 saturated carbocycles. The molecule has 1 aromatic rings. The van der Waals surface area contributed by atoms with Gasteiger partial charge in [0.2, 0.25) is 0 Å². The normalized spacial score (nSPS) is 10.0. The second kappa shape index (κ2) is 5.99. The van der Waals surface area contributed by atoms with Crippen LogP contribution in [-0.2, 0) is 6.54 Å². The fraction of sp³-hybridized carbons (Fsp3) is 0.417. The highest BCUT2D eigenvalue weighted by molar-refractivity contribution is 5.88. The Labute approximate surface area is 94.7 Å². The Morgan fingerprint density at radius 3 is 3.00 bits per heavy atom. The van der Waals surface area contributed by atoms with Crippen LogP contribution in [-0.4, -0.2) is 17.6 Å². The number of carboxylic acids is 1. The summed E-state index contributed by atoms with van der Waals surface area (Å²) in [4.78, 5) is 10.7. The molecular weight excluding hydrogens is 206 g/mol. The SMILES string of the molecule is C#CCCCNCc1cc(C(=O)O)c(C)o1. The maximum Gasteiger partial charge on any atom is 0.339 e. The number of terminal acetylenes is 1. The van der Waals surface area contributed by atoms with Crippen molar-refractivity contribution in [3.63, 3.8) is 0 Å². The molecule has 1 aromatic heterocycles. The Morgan fingerprint density at radius 1 is 1.69 bits per heavy atom. The number of aromatic carboxylic acids is 1. The molecule has 0 radical (unpaired) electrons. The highest BCUT2D eigenvalue weighted by Crippen LogP contribution is 2.14. The van der Waals surface area contributed by atoms with E-state index in [1.165, 1.54) is 0 Å². The van der Waals surface area contributed by atoms with Crippen LogP contribution < -0.4 is 5.32 Å². The molecule has 0 amide bonds. The summed E-state index contributed by atoms with van der Waals surface area (Å²) in [5.41, 5.74) is 0.223. The highest BCUT2D eigenvalue weighted by atomic mass is 16.4. The van der Waals surface area contributed by atoms with Gasteiger partial charge in [0, 0.05) is 6.42 Å². The van der Waals surface area contributed by atoms with Crippen molar-refractivity contribution in [2.24, 2.45) is 0 Å². The fourth-order valence-corrected chi connectivity index (χ4v) is 1.37. The van der Waals surface area contributed by atoms with Gasteiger partial charge in [-0.15, -0.1) is 12.3 Å². The van der Waals surface area contributed by atoms with Crippen molar-refractivity contribution in [1.82, 2.24) is 5.32 Å². The Hall–Kier alpha value is -1.73. The first kappa shape index (κ1) is 12.3. The van der Waals surface area contributed by atoms with E-state index in [0.29, 0.717) is 18.1 Å². The molecule has 0 spiro atoms. The van der Waals surface area contributed by atoms with Gasteiger partial charge in [0.15, 0.2) is 0 Å². The summed E-state index contributed by atoms with van der Waals surface area (Å²) in [6, 6.07) is 1.55. The first-order valence-electron chi connectivity index (χ1n) is 5.12. The Kier molecular flexibility index (Phi) is 4.62. The summed E-state index contributed by atoms with van der Waals surface area (Å²) in [5, 5.41) is 12.0. The maximum atomic E-state index is 10.7. The summed E-state index contributed by atoms with van der Waals surface area (Å²) in [6.07, 6.45) is 6.76. The molecule has 16 heavy (non-hydrogen) atoms. The molecule has 4 heteroatoms. The first-order chi connectivity index (χ1) is 7.65. The minimum Gasteiger partial charge on any atom is -0.478 e. The number of hydrogen-bond acceptors (Lipinski definition) is 3. The lowest BCUT2D eigenvalue weighted by atomic mass is 10.2. The molecule has 2 N–H and O–H groups in total. The standard InChI is InChI=1S/C12H15NO3/c1-3-4-5-6-13-8-10-7-11(12(14)15)9(2)16-10/h1,7,13H,4-6,8H2,2H3,(H,14,15). The number of nitrogens with one attached hydrogen (secondary N) is 1. The van der Waals surface area contributed by atoms with Crippen LogP contribution in [0.25, 0.3) is 0 Å². The molecule has 0 unspecified atom stereocenters. The lowest BCUT2D eigenvalue weighted by molar-refractivity contribution is 0.0695. The Balaban J connectivity index is 2.41. The van der Waals surface area contributed by atoms with Crippen molar-refractivity contribution in [2.75, 3.05) is 6.54 Å². The third-order valence-corrected chi connectivity index (χ3v) is 2.17. The molecule has 1 heterocycles. The molecule has 0 aliphatic carbocycles. The number of furan rings is 1. The number of rotatable bonds is 6. The van der Waals surface area contributed by atoms with E-state index < -0.39 is 5.97 Å². The van der Waals surface area contributed by atoms with Crippen LogP contribution in [0.4, 0.5) is 0 Å². The number of hydrogen-bond donors (Lipinski definition) is 2. The second-order valence-electron chi connectivity index (χ2n) is 3.47. The molecule has 0 aromatic carbocycles. The quantitative estimate of drug-likeness (QED) is 0.568. The van der Waals surface area contributed by atoms with E-state index in [1.54, 1.807) is 13.0 Å². The molecule has 0 fully saturated rings. The minimum atomic E-state index is -0.958. The van der Waals surface area contributed by atoms with Crippen LogP contribution in [0.3, 0.4) is 0 Å². The molecule has 0 aliphatic rings. The van der Waals surface area contributed by atoms with Crippen molar-refractivity contribution in [3.8, 4) is 12.3 Å². The van der Waals surface area contributed by atoms with E-state index in [4.69, 9.17) is 15.9 Å². The van der Waals surface area contributed by atoms with Gasteiger partial charge in [0.1, 0.15) is 17.1 Å². The highest BCUT2D eigenvalue weighted by Gasteiger charge is 2.12. The number of carboxylic acid groups (broad SMARTS) is 1. The third kappa shape index (κ3) is 3.44. The van der Waals surface area contributed by atoms with E-state index >= 15 is 0 Å². The lowest BCUT2D eigenvalue weighted by Crippen LogP contribution is -2.13. The summed E-state index contributed by atoms with van der Waals surface area (Å²) >= 11 is 0. The summed E-state index contributed by atoms with van der Waals surface area (Å²) in [5.74, 6) is 2.67. The van der Waals surface area contributed by atoms with Gasteiger partial charge in [-0.2, -0.15) is 0 Å². The van der Waals surface area contributed by atoms with Crippen LogP contribution in [0.5, 0.6) is 0 Å². The molecule has 4 nitrogen and oxygen atoms in total. The smallest absolute Gasteiger partial charge is 0.339 e. The predicted molar refractivity (Wildman–Crippen MR) is 60.2 cm³/mol. The average Bonchev–Trinajstić information content (AvgIpc) is 2.59. The minimum absolute atomic E-state index is 0.223. The topological polar surface area (TPSA) is 62.5 Å². The Morgan fingerprint density at radius 2 is 2.44 bits per heavy atom. The monoisotopic (exact) mass is 221 g/mol. The molecular formula is C12H15NO3. The Bertz CT molecular complexity index is 401. The molecule has 1 rings (SSSR count). The second-order valence-corrected chi connectivity index (χ2v) is 3.47. The van der Waals surface area contributed by atoms with Crippen LogP contribution in [0, 0.1) is 19.3 Å². The lowest BCUT2D eigenvalue weighted by Gasteiger charge is -1.99. The average molecular weight is 221 g/mol. The van der Waals surface area contributed by atoms with Crippen LogP contribution in [0.2, 0.25) is 0 Å². The van der Waals surface area contributed by atoms with Gasteiger partial charge in [-0.25, -0.2) is 4.79 Å². The van der Waals surface area contributed by atoms with E-state index in [2.05, 4.69) is 11.2 Å². The van der Waals surface area contributed by atoms with E-state index in [1.807, 2.05) is 0 Å². The first-order valence-corrected chi connectivity index (χ1v) is 5.12. The number of unbranched alkanes of at least 4 members (excludes halogenated alkanes) is 1. The van der Waals surface area contributed by atoms with Gasteiger partial charge in [0.05, 0.1) is 6.54 Å². The van der Waals surface area contributed by atoms with Crippen molar-refractivity contribution in [1.29, 1.82) is 0 Å². The van der Waals surface area contributed by atoms with Crippen LogP contribution in [0.1, 0.15) is 34.7 Å². The third-order valence-electron chi connectivity index (χ3n) is 2.17. The van der Waals surface area contributed by atoms with E-state index in [-0.39, 0.29) is 5.56 Å². The summed E-state index contributed by atoms with van der Waals surface area (Å²) in [7, 11) is 0. The zero-order valence-electron chi connectivity index (χ0n) is 9.25. The van der Waals surface area contributed by atoms with Gasteiger partial charge in [0.25, 0.3) is 0 Å². The number of carbonyl (C=O) groups is 1. The van der Waals surface area contributed by atoms with E-state index in [9.17, 15) is 4.79 Å². The molecule has 0 bridgehead atoms. The zero-order valence-corrected chi connectivity index (χ0v) is 9.25. The fourth-order valence-electron chi connectivity index (χ4n) is 1.37. The van der Waals surface area contributed by atoms with E-state index in [0.717, 1.165) is 19.4 Å². The molecule has 0 aliphatic heterocycles. The van der Waals surface area contributed by atoms with Crippen LogP contribution in [0.15, 0.2) is 10.5 Å². The maximum absolute atomic E-state index is 10.7. The molecule has 0 atom stereocenters. The summed E-state index contributed by atoms with van der Waals surface area (Å²) in [6.45, 7) is 2.97. The van der Waals surface area contributed by atoms with Gasteiger partial charge in [-0.05, 0) is 26.0 Å². The number of aryl methyl sites for hydroxylation is 1. The van der Waals surface area contributed by atoms with Gasteiger partial charge in [-0.3, -0.25) is 0 Å². The van der Waals surface area contributed by atoms with Crippen molar-refractivity contribution >= 4 is 5.97 Å². The zero-order chi connectivity index (χ0) is 12.0. The van der Waals surface area contributed by atoms with Crippen molar-refractivity contribution in [2.45, 2.75) is 26.3 Å². The molecule has 86 valence electrons. The molecule has 0 saturated heterocycles.